The summed E-state index contributed by atoms with van der Waals surface area (Å²) >= 11 is 0. The van der Waals surface area contributed by atoms with Gasteiger partial charge in [0, 0.05) is 24.8 Å². The number of nitrogens with zero attached hydrogens (tertiary/aromatic N) is 4. The highest BCUT2D eigenvalue weighted by molar-refractivity contribution is 5.99. The number of hydrogen-bond donors (Lipinski definition) is 0. The molecule has 3 rings (SSSR count). The summed E-state index contributed by atoms with van der Waals surface area (Å²) < 4.78 is 45.0. The molecule has 0 radical (unpaired) electrons. The standard InChI is InChI=1S/C15H13F3N4O2/c1-9-5-12(15(16,17)18)22-13(20-9)11(6-19-22)14(23)21(2)7-10-3-4-24-8-10/h3-6,8H,7H2,1-2H3. The van der Waals surface area contributed by atoms with Crippen molar-refractivity contribution in [3.05, 3.63) is 53.4 Å². The van der Waals surface area contributed by atoms with E-state index in [1.807, 2.05) is 0 Å². The normalized spacial score (nSPS) is 11.9. The molecule has 9 heteroatoms. The van der Waals surface area contributed by atoms with E-state index in [0.29, 0.717) is 4.52 Å². The molecule has 3 aromatic heterocycles. The van der Waals surface area contributed by atoms with Crippen LogP contribution in [0.5, 0.6) is 0 Å². The van der Waals surface area contributed by atoms with Gasteiger partial charge in [0.15, 0.2) is 5.65 Å². The molecular formula is C15H13F3N4O2. The number of aryl methyl sites for hydroxylation is 1. The van der Waals surface area contributed by atoms with Gasteiger partial charge in [0.2, 0.25) is 0 Å². The van der Waals surface area contributed by atoms with Crippen molar-refractivity contribution in [3.63, 3.8) is 0 Å². The highest BCUT2D eigenvalue weighted by Gasteiger charge is 2.35. The molecule has 0 aromatic carbocycles. The molecule has 0 spiro atoms. The summed E-state index contributed by atoms with van der Waals surface area (Å²) in [6.45, 7) is 1.69. The number of carbonyl (C=O) groups excluding carboxylic acids is 1. The molecule has 1 amide bonds. The Labute approximate surface area is 134 Å². The lowest BCUT2D eigenvalue weighted by molar-refractivity contribution is -0.142. The number of carbonyl (C=O) groups is 1. The fraction of sp³-hybridized carbons (Fsp3) is 0.267. The quantitative estimate of drug-likeness (QED) is 0.737. The monoisotopic (exact) mass is 338 g/mol. The number of fused-ring (bicyclic) bond motifs is 1. The summed E-state index contributed by atoms with van der Waals surface area (Å²) in [7, 11) is 1.54. The molecule has 24 heavy (non-hydrogen) atoms. The maximum Gasteiger partial charge on any atom is 0.433 e. The Kier molecular flexibility index (Phi) is 3.78. The van der Waals surface area contributed by atoms with Gasteiger partial charge in [-0.25, -0.2) is 9.50 Å². The summed E-state index contributed by atoms with van der Waals surface area (Å²) in [6.07, 6.45) is -0.528. The van der Waals surface area contributed by atoms with Crippen LogP contribution in [0.1, 0.15) is 27.3 Å². The van der Waals surface area contributed by atoms with Gasteiger partial charge in [-0.15, -0.1) is 0 Å². The molecule has 0 aliphatic heterocycles. The Hall–Kier alpha value is -2.84. The van der Waals surface area contributed by atoms with E-state index in [0.717, 1.165) is 17.8 Å². The topological polar surface area (TPSA) is 63.6 Å². The summed E-state index contributed by atoms with van der Waals surface area (Å²) in [5.41, 5.74) is -0.160. The predicted molar refractivity (Wildman–Crippen MR) is 77.2 cm³/mol. The Morgan fingerprint density at radius 2 is 2.17 bits per heavy atom. The van der Waals surface area contributed by atoms with Crippen LogP contribution >= 0.6 is 0 Å². The first-order chi connectivity index (χ1) is 11.3. The predicted octanol–water partition coefficient (Wildman–Crippen LogP) is 2.92. The second-order valence-corrected chi connectivity index (χ2v) is 5.37. The van der Waals surface area contributed by atoms with E-state index in [4.69, 9.17) is 4.42 Å². The number of rotatable bonds is 3. The van der Waals surface area contributed by atoms with Gasteiger partial charge in [-0.05, 0) is 19.1 Å². The summed E-state index contributed by atoms with van der Waals surface area (Å²) in [5.74, 6) is -0.475. The first kappa shape index (κ1) is 16.0. The van der Waals surface area contributed by atoms with Crippen LogP contribution in [0.2, 0.25) is 0 Å². The number of furan rings is 1. The van der Waals surface area contributed by atoms with Gasteiger partial charge in [-0.2, -0.15) is 18.3 Å². The lowest BCUT2D eigenvalue weighted by Gasteiger charge is -2.15. The molecule has 0 saturated carbocycles. The van der Waals surface area contributed by atoms with Gasteiger partial charge in [0.1, 0.15) is 11.3 Å². The molecule has 6 nitrogen and oxygen atoms in total. The minimum absolute atomic E-state index is 0.00944. The molecule has 3 heterocycles. The minimum atomic E-state index is -4.60. The van der Waals surface area contributed by atoms with E-state index < -0.39 is 17.8 Å². The van der Waals surface area contributed by atoms with Crippen molar-refractivity contribution >= 4 is 11.6 Å². The third-order valence-electron chi connectivity index (χ3n) is 3.47. The van der Waals surface area contributed by atoms with E-state index in [2.05, 4.69) is 10.1 Å². The molecule has 0 bridgehead atoms. The summed E-state index contributed by atoms with van der Waals surface area (Å²) in [4.78, 5) is 17.9. The van der Waals surface area contributed by atoms with E-state index in [-0.39, 0.29) is 23.4 Å². The molecule has 0 atom stereocenters. The Morgan fingerprint density at radius 3 is 2.79 bits per heavy atom. The lowest BCUT2D eigenvalue weighted by atomic mass is 10.2. The maximum atomic E-state index is 13.1. The lowest BCUT2D eigenvalue weighted by Crippen LogP contribution is -2.26. The number of hydrogen-bond acceptors (Lipinski definition) is 4. The van der Waals surface area contributed by atoms with Crippen molar-refractivity contribution in [3.8, 4) is 0 Å². The van der Waals surface area contributed by atoms with Gasteiger partial charge in [0.25, 0.3) is 5.91 Å². The zero-order valence-electron chi connectivity index (χ0n) is 12.8. The Balaban J connectivity index is 2.01. The maximum absolute atomic E-state index is 13.1. The van der Waals surface area contributed by atoms with E-state index in [1.165, 1.54) is 24.3 Å². The van der Waals surface area contributed by atoms with Gasteiger partial charge in [0.05, 0.1) is 18.7 Å². The molecule has 0 aliphatic rings. The van der Waals surface area contributed by atoms with E-state index in [1.54, 1.807) is 13.1 Å². The molecule has 0 N–H and O–H groups in total. The summed E-state index contributed by atoms with van der Waals surface area (Å²) in [5, 5.41) is 3.69. The molecule has 0 saturated heterocycles. The van der Waals surface area contributed by atoms with Crippen LogP contribution in [0.3, 0.4) is 0 Å². The van der Waals surface area contributed by atoms with Crippen molar-refractivity contribution in [2.75, 3.05) is 7.05 Å². The molecule has 126 valence electrons. The van der Waals surface area contributed by atoms with Gasteiger partial charge < -0.3 is 9.32 Å². The molecular weight excluding hydrogens is 325 g/mol. The Morgan fingerprint density at radius 1 is 1.42 bits per heavy atom. The molecule has 0 aliphatic carbocycles. The van der Waals surface area contributed by atoms with Gasteiger partial charge in [-0.3, -0.25) is 4.79 Å². The molecule has 0 unspecified atom stereocenters. The zero-order valence-corrected chi connectivity index (χ0v) is 12.8. The van der Waals surface area contributed by atoms with E-state index in [9.17, 15) is 18.0 Å². The first-order valence-electron chi connectivity index (χ1n) is 6.96. The third-order valence-corrected chi connectivity index (χ3v) is 3.47. The van der Waals surface area contributed by atoms with Crippen molar-refractivity contribution in [2.45, 2.75) is 19.6 Å². The van der Waals surface area contributed by atoms with Crippen LogP contribution in [0.15, 0.2) is 35.3 Å². The van der Waals surface area contributed by atoms with Crippen LogP contribution in [0.4, 0.5) is 13.2 Å². The first-order valence-corrected chi connectivity index (χ1v) is 6.96. The van der Waals surface area contributed by atoms with Crippen LogP contribution in [-0.2, 0) is 12.7 Å². The van der Waals surface area contributed by atoms with Gasteiger partial charge >= 0.3 is 6.18 Å². The van der Waals surface area contributed by atoms with Crippen LogP contribution in [0.25, 0.3) is 5.65 Å². The highest BCUT2D eigenvalue weighted by atomic mass is 19.4. The zero-order chi connectivity index (χ0) is 17.5. The smallest absolute Gasteiger partial charge is 0.433 e. The number of alkyl halides is 3. The third kappa shape index (κ3) is 2.84. The van der Waals surface area contributed by atoms with Crippen molar-refractivity contribution in [2.24, 2.45) is 0 Å². The van der Waals surface area contributed by atoms with Crippen LogP contribution < -0.4 is 0 Å². The number of halogens is 3. The van der Waals surface area contributed by atoms with Crippen molar-refractivity contribution in [1.29, 1.82) is 0 Å². The minimum Gasteiger partial charge on any atom is -0.472 e. The molecule has 0 fully saturated rings. The second kappa shape index (κ2) is 5.66. The van der Waals surface area contributed by atoms with Gasteiger partial charge in [-0.1, -0.05) is 0 Å². The second-order valence-electron chi connectivity index (χ2n) is 5.37. The van der Waals surface area contributed by atoms with Crippen LogP contribution in [0, 0.1) is 6.92 Å². The number of amides is 1. The van der Waals surface area contributed by atoms with Crippen molar-refractivity contribution in [1.82, 2.24) is 19.5 Å². The SMILES string of the molecule is Cc1cc(C(F)(F)F)n2ncc(C(=O)N(C)Cc3ccoc3)c2n1. The number of aromatic nitrogens is 3. The van der Waals surface area contributed by atoms with E-state index >= 15 is 0 Å². The fourth-order valence-corrected chi connectivity index (χ4v) is 2.37. The Bertz CT molecular complexity index is 884. The average Bonchev–Trinajstić information content (AvgIpc) is 3.13. The molecule has 3 aromatic rings. The van der Waals surface area contributed by atoms with Crippen molar-refractivity contribution < 1.29 is 22.4 Å². The highest BCUT2D eigenvalue weighted by Crippen LogP contribution is 2.30. The average molecular weight is 338 g/mol. The van der Waals surface area contributed by atoms with Crippen LogP contribution in [-0.4, -0.2) is 32.5 Å². The fourth-order valence-electron chi connectivity index (χ4n) is 2.37. The summed E-state index contributed by atoms with van der Waals surface area (Å²) in [6, 6.07) is 2.59. The largest absolute Gasteiger partial charge is 0.472 e.